The molecule has 1 unspecified atom stereocenters. The van der Waals surface area contributed by atoms with E-state index >= 15 is 0 Å². The van der Waals surface area contributed by atoms with Crippen LogP contribution in [0.3, 0.4) is 0 Å². The van der Waals surface area contributed by atoms with Crippen molar-refractivity contribution in [3.63, 3.8) is 0 Å². The van der Waals surface area contributed by atoms with Gasteiger partial charge < -0.3 is 5.32 Å². The molecule has 0 saturated carbocycles. The molecular weight excluding hydrogens is 193 g/mol. The fourth-order valence-corrected chi connectivity index (χ4v) is 1.55. The van der Waals surface area contributed by atoms with Gasteiger partial charge in [-0.15, -0.1) is 0 Å². The summed E-state index contributed by atoms with van der Waals surface area (Å²) in [6.45, 7) is 2.38. The van der Waals surface area contributed by atoms with Gasteiger partial charge in [0.25, 0.3) is 0 Å². The van der Waals surface area contributed by atoms with Gasteiger partial charge in [0.15, 0.2) is 0 Å². The number of halogens is 3. The Kier molecular flexibility index (Phi) is 1.99. The molecule has 0 amide bonds. The van der Waals surface area contributed by atoms with Gasteiger partial charge in [-0.25, -0.2) is 0 Å². The smallest absolute Gasteiger partial charge is 0.304 e. The van der Waals surface area contributed by atoms with Crippen LogP contribution in [0.4, 0.5) is 13.2 Å². The lowest BCUT2D eigenvalue weighted by atomic mass is 10.1. The molecule has 2 nitrogen and oxygen atoms in total. The summed E-state index contributed by atoms with van der Waals surface area (Å²) in [5.74, 6) is 0. The van der Waals surface area contributed by atoms with Crippen molar-refractivity contribution in [2.45, 2.75) is 25.7 Å². The second kappa shape index (κ2) is 2.95. The Morgan fingerprint density at radius 1 is 1.50 bits per heavy atom. The van der Waals surface area contributed by atoms with Gasteiger partial charge in [0, 0.05) is 18.8 Å². The maximum Gasteiger partial charge on any atom is 0.417 e. The van der Waals surface area contributed by atoms with E-state index in [0.29, 0.717) is 17.8 Å². The molecule has 0 radical (unpaired) electrons. The lowest BCUT2D eigenvalue weighted by Crippen LogP contribution is -2.08. The largest absolute Gasteiger partial charge is 0.417 e. The number of pyridine rings is 1. The number of hydrogen-bond donors (Lipinski definition) is 1. The van der Waals surface area contributed by atoms with Crippen LogP contribution in [0, 0.1) is 0 Å². The van der Waals surface area contributed by atoms with Gasteiger partial charge in [-0.3, -0.25) is 4.98 Å². The van der Waals surface area contributed by atoms with Crippen LogP contribution in [0.15, 0.2) is 12.3 Å². The second-order valence-corrected chi connectivity index (χ2v) is 3.36. The zero-order valence-corrected chi connectivity index (χ0v) is 7.52. The van der Waals surface area contributed by atoms with Gasteiger partial charge in [-0.1, -0.05) is 0 Å². The van der Waals surface area contributed by atoms with E-state index in [-0.39, 0.29) is 6.04 Å². The molecule has 2 rings (SSSR count). The molecule has 1 atom stereocenters. The van der Waals surface area contributed by atoms with Crippen molar-refractivity contribution in [2.24, 2.45) is 0 Å². The van der Waals surface area contributed by atoms with Crippen molar-refractivity contribution in [1.82, 2.24) is 10.3 Å². The molecule has 2 heterocycles. The van der Waals surface area contributed by atoms with Crippen LogP contribution < -0.4 is 5.32 Å². The van der Waals surface area contributed by atoms with Crippen molar-refractivity contribution in [3.05, 3.63) is 29.1 Å². The topological polar surface area (TPSA) is 24.9 Å². The van der Waals surface area contributed by atoms with E-state index in [0.717, 1.165) is 6.20 Å². The summed E-state index contributed by atoms with van der Waals surface area (Å²) in [5, 5.41) is 3.03. The quantitative estimate of drug-likeness (QED) is 0.698. The average molecular weight is 202 g/mol. The minimum atomic E-state index is -4.30. The maximum atomic E-state index is 12.3. The van der Waals surface area contributed by atoms with Crippen LogP contribution in [0.2, 0.25) is 0 Å². The van der Waals surface area contributed by atoms with Crippen LogP contribution in [0.1, 0.15) is 29.8 Å². The van der Waals surface area contributed by atoms with E-state index in [2.05, 4.69) is 10.3 Å². The third-order valence-corrected chi connectivity index (χ3v) is 2.37. The van der Waals surface area contributed by atoms with Crippen LogP contribution >= 0.6 is 0 Å². The molecule has 0 aromatic carbocycles. The van der Waals surface area contributed by atoms with Crippen LogP contribution in [-0.2, 0) is 12.7 Å². The molecule has 0 bridgehead atoms. The fourth-order valence-electron chi connectivity index (χ4n) is 1.55. The Hall–Kier alpha value is -1.10. The molecular formula is C9H9F3N2. The van der Waals surface area contributed by atoms with Crippen molar-refractivity contribution in [2.75, 3.05) is 0 Å². The first kappa shape index (κ1) is 9.45. The third-order valence-electron chi connectivity index (χ3n) is 2.37. The summed E-state index contributed by atoms with van der Waals surface area (Å²) >= 11 is 0. The molecule has 5 heteroatoms. The predicted octanol–water partition coefficient (Wildman–Crippen LogP) is 2.26. The third kappa shape index (κ3) is 1.48. The number of nitrogens with one attached hydrogen (secondary N) is 1. The summed E-state index contributed by atoms with van der Waals surface area (Å²) in [6.07, 6.45) is -3.41. The molecule has 14 heavy (non-hydrogen) atoms. The van der Waals surface area contributed by atoms with Gasteiger partial charge in [-0.2, -0.15) is 13.2 Å². The van der Waals surface area contributed by atoms with Gasteiger partial charge in [0.2, 0.25) is 0 Å². The number of alkyl halides is 3. The molecule has 1 aliphatic heterocycles. The molecule has 1 aromatic rings. The first-order chi connectivity index (χ1) is 6.48. The minimum Gasteiger partial charge on any atom is -0.304 e. The Labute approximate surface area is 79.2 Å². The second-order valence-electron chi connectivity index (χ2n) is 3.36. The first-order valence-corrected chi connectivity index (χ1v) is 4.28. The van der Waals surface area contributed by atoms with E-state index in [9.17, 15) is 13.2 Å². The van der Waals surface area contributed by atoms with Crippen molar-refractivity contribution in [1.29, 1.82) is 0 Å². The van der Waals surface area contributed by atoms with E-state index in [4.69, 9.17) is 0 Å². The number of fused-ring (bicyclic) bond motifs is 1. The molecule has 76 valence electrons. The van der Waals surface area contributed by atoms with E-state index in [1.807, 2.05) is 6.92 Å². The maximum absolute atomic E-state index is 12.3. The molecule has 1 N–H and O–H groups in total. The SMILES string of the molecule is CC1NCc2ncc(C(F)(F)F)cc21. The Bertz CT molecular complexity index is 360. The van der Waals surface area contributed by atoms with Crippen molar-refractivity contribution >= 4 is 0 Å². The fraction of sp³-hybridized carbons (Fsp3) is 0.444. The lowest BCUT2D eigenvalue weighted by molar-refractivity contribution is -0.137. The van der Waals surface area contributed by atoms with Crippen LogP contribution in [-0.4, -0.2) is 4.98 Å². The Morgan fingerprint density at radius 3 is 2.86 bits per heavy atom. The Morgan fingerprint density at radius 2 is 2.21 bits per heavy atom. The summed E-state index contributed by atoms with van der Waals surface area (Å²) in [4.78, 5) is 3.79. The molecule has 0 saturated heterocycles. The number of nitrogens with zero attached hydrogens (tertiary/aromatic N) is 1. The minimum absolute atomic E-state index is 0.0419. The van der Waals surface area contributed by atoms with E-state index in [1.165, 1.54) is 6.07 Å². The van der Waals surface area contributed by atoms with Gasteiger partial charge in [-0.05, 0) is 18.6 Å². The zero-order valence-electron chi connectivity index (χ0n) is 7.52. The highest BCUT2D eigenvalue weighted by Crippen LogP contribution is 2.32. The molecule has 0 aliphatic carbocycles. The number of hydrogen-bond acceptors (Lipinski definition) is 2. The molecule has 1 aromatic heterocycles. The lowest BCUT2D eigenvalue weighted by Gasteiger charge is -2.09. The van der Waals surface area contributed by atoms with Crippen molar-refractivity contribution in [3.8, 4) is 0 Å². The predicted molar refractivity (Wildman–Crippen MR) is 44.5 cm³/mol. The van der Waals surface area contributed by atoms with Crippen LogP contribution in [0.25, 0.3) is 0 Å². The highest BCUT2D eigenvalue weighted by Gasteiger charge is 2.33. The average Bonchev–Trinajstić information content (AvgIpc) is 2.46. The standard InChI is InChI=1S/C9H9F3N2/c1-5-7-2-6(9(10,11)12)3-14-8(7)4-13-5/h2-3,5,13H,4H2,1H3. The van der Waals surface area contributed by atoms with E-state index < -0.39 is 11.7 Å². The zero-order chi connectivity index (χ0) is 10.3. The first-order valence-electron chi connectivity index (χ1n) is 4.28. The van der Waals surface area contributed by atoms with Gasteiger partial charge >= 0.3 is 6.18 Å². The summed E-state index contributed by atoms with van der Waals surface area (Å²) in [7, 11) is 0. The van der Waals surface area contributed by atoms with Crippen LogP contribution in [0.5, 0.6) is 0 Å². The van der Waals surface area contributed by atoms with Gasteiger partial charge in [0.1, 0.15) is 0 Å². The molecule has 0 spiro atoms. The monoisotopic (exact) mass is 202 g/mol. The Balaban J connectivity index is 2.45. The van der Waals surface area contributed by atoms with Crippen molar-refractivity contribution < 1.29 is 13.2 Å². The summed E-state index contributed by atoms with van der Waals surface area (Å²) in [6, 6.07) is 1.13. The van der Waals surface area contributed by atoms with E-state index in [1.54, 1.807) is 0 Å². The summed E-state index contributed by atoms with van der Waals surface area (Å²) < 4.78 is 37.0. The normalized spacial score (nSPS) is 21.0. The highest BCUT2D eigenvalue weighted by molar-refractivity contribution is 5.32. The molecule has 1 aliphatic rings. The highest BCUT2D eigenvalue weighted by atomic mass is 19.4. The molecule has 0 fully saturated rings. The number of aromatic nitrogens is 1. The summed E-state index contributed by atoms with van der Waals surface area (Å²) in [5.41, 5.74) is 0.692. The number of rotatable bonds is 0. The van der Waals surface area contributed by atoms with Gasteiger partial charge in [0.05, 0.1) is 11.3 Å².